The highest BCUT2D eigenvalue weighted by Gasteiger charge is 2.01. The Balaban J connectivity index is 1.66. The Bertz CT molecular complexity index is 652. The van der Waals surface area contributed by atoms with Crippen LogP contribution in [0.1, 0.15) is 88.2 Å². The van der Waals surface area contributed by atoms with Crippen LogP contribution in [0.5, 0.6) is 0 Å². The van der Waals surface area contributed by atoms with E-state index in [1.165, 1.54) is 88.2 Å². The minimum atomic E-state index is 0.494. The molecule has 0 atom stereocenters. The minimum Gasteiger partial charge on any atom is -0.330 e. The lowest BCUT2D eigenvalue weighted by molar-refractivity contribution is 0.533. The van der Waals surface area contributed by atoms with Crippen molar-refractivity contribution < 1.29 is 0 Å². The predicted molar refractivity (Wildman–Crippen MR) is 139 cm³/mol. The molecule has 0 fully saturated rings. The Morgan fingerprint density at radius 2 is 0.903 bits per heavy atom. The van der Waals surface area contributed by atoms with Gasteiger partial charge in [0.15, 0.2) is 0 Å². The van der Waals surface area contributed by atoms with Crippen LogP contribution in [0.3, 0.4) is 0 Å². The van der Waals surface area contributed by atoms with Crippen LogP contribution in [0.15, 0.2) is 72.8 Å². The number of benzene rings is 2. The molecule has 0 saturated heterocycles. The molecule has 0 heterocycles. The van der Waals surface area contributed by atoms with Crippen molar-refractivity contribution in [2.24, 2.45) is 11.7 Å². The van der Waals surface area contributed by atoms with Crippen molar-refractivity contribution in [3.8, 4) is 0 Å². The molecule has 31 heavy (non-hydrogen) atoms. The molecule has 0 spiro atoms. The normalized spacial score (nSPS) is 12.7. The Kier molecular flexibility index (Phi) is 14.2. The van der Waals surface area contributed by atoms with Crippen molar-refractivity contribution >= 4 is 12.2 Å². The van der Waals surface area contributed by atoms with Gasteiger partial charge in [0.2, 0.25) is 0 Å². The highest BCUT2D eigenvalue weighted by Crippen LogP contribution is 2.18. The zero-order valence-electron chi connectivity index (χ0n) is 19.4. The second-order valence-electron chi connectivity index (χ2n) is 8.67. The number of unbranched alkanes of at least 4 members (excludes halogenated alkanes) is 10. The lowest BCUT2D eigenvalue weighted by Crippen LogP contribution is -1.97. The summed E-state index contributed by atoms with van der Waals surface area (Å²) in [5.41, 5.74) is 8.11. The fourth-order valence-corrected chi connectivity index (χ4v) is 3.97. The third-order valence-electron chi connectivity index (χ3n) is 5.91. The van der Waals surface area contributed by atoms with E-state index in [2.05, 4.69) is 85.0 Å². The molecule has 2 aromatic carbocycles. The standard InChI is InChI=1S/C30H43N/c31-27-17-9-7-5-3-1-2-4-6-8-12-22-30(25-23-28-18-13-10-14-19-28)26-24-29-20-15-11-16-21-29/h10-11,13-16,18-21,23-26,30H,1-9,12,17,22,27,31H2. The van der Waals surface area contributed by atoms with E-state index < -0.39 is 0 Å². The minimum absolute atomic E-state index is 0.494. The summed E-state index contributed by atoms with van der Waals surface area (Å²) in [5.74, 6) is 0.494. The van der Waals surface area contributed by atoms with Crippen LogP contribution in [0.2, 0.25) is 0 Å². The first-order chi connectivity index (χ1) is 15.4. The second-order valence-corrected chi connectivity index (χ2v) is 8.67. The first-order valence-corrected chi connectivity index (χ1v) is 12.5. The quantitative estimate of drug-likeness (QED) is 0.256. The average Bonchev–Trinajstić information content (AvgIpc) is 2.82. The van der Waals surface area contributed by atoms with Gasteiger partial charge in [-0.05, 0) is 36.4 Å². The molecule has 0 aliphatic rings. The van der Waals surface area contributed by atoms with Crippen LogP contribution in [0.4, 0.5) is 0 Å². The van der Waals surface area contributed by atoms with E-state index in [0.29, 0.717) is 5.92 Å². The van der Waals surface area contributed by atoms with E-state index in [4.69, 9.17) is 5.73 Å². The molecular formula is C30H43N. The summed E-state index contributed by atoms with van der Waals surface area (Å²) < 4.78 is 0. The van der Waals surface area contributed by atoms with Crippen molar-refractivity contribution in [1.29, 1.82) is 0 Å². The smallest absolute Gasteiger partial charge is 0.00468 e. The Morgan fingerprint density at radius 3 is 1.32 bits per heavy atom. The van der Waals surface area contributed by atoms with Gasteiger partial charge in [-0.3, -0.25) is 0 Å². The van der Waals surface area contributed by atoms with Gasteiger partial charge in [-0.25, -0.2) is 0 Å². The molecule has 0 saturated carbocycles. The van der Waals surface area contributed by atoms with Gasteiger partial charge in [-0.2, -0.15) is 0 Å². The maximum Gasteiger partial charge on any atom is -0.00468 e. The molecule has 0 radical (unpaired) electrons. The second kappa shape index (κ2) is 17.5. The molecule has 0 aromatic heterocycles. The van der Waals surface area contributed by atoms with Crippen molar-refractivity contribution in [2.45, 2.75) is 77.0 Å². The molecule has 0 amide bonds. The lowest BCUT2D eigenvalue weighted by Gasteiger charge is -2.09. The number of rotatable bonds is 17. The van der Waals surface area contributed by atoms with Crippen molar-refractivity contribution in [2.75, 3.05) is 6.54 Å². The Labute approximate surface area is 191 Å². The zero-order chi connectivity index (χ0) is 21.8. The van der Waals surface area contributed by atoms with Crippen molar-refractivity contribution in [1.82, 2.24) is 0 Å². The number of hydrogen-bond donors (Lipinski definition) is 1. The fraction of sp³-hybridized carbons (Fsp3) is 0.467. The van der Waals surface area contributed by atoms with Gasteiger partial charge in [0.25, 0.3) is 0 Å². The van der Waals surface area contributed by atoms with E-state index in [1.54, 1.807) is 0 Å². The molecule has 1 heteroatoms. The topological polar surface area (TPSA) is 26.0 Å². The molecular weight excluding hydrogens is 374 g/mol. The molecule has 168 valence electrons. The van der Waals surface area contributed by atoms with E-state index in [9.17, 15) is 0 Å². The first-order valence-electron chi connectivity index (χ1n) is 12.5. The van der Waals surface area contributed by atoms with Gasteiger partial charge in [-0.15, -0.1) is 0 Å². The molecule has 2 aromatic rings. The van der Waals surface area contributed by atoms with Gasteiger partial charge in [0.05, 0.1) is 0 Å². The highest BCUT2D eigenvalue weighted by molar-refractivity contribution is 5.52. The summed E-state index contributed by atoms with van der Waals surface area (Å²) in [4.78, 5) is 0. The number of nitrogens with two attached hydrogens (primary N) is 1. The van der Waals surface area contributed by atoms with E-state index >= 15 is 0 Å². The van der Waals surface area contributed by atoms with Gasteiger partial charge in [0, 0.05) is 0 Å². The van der Waals surface area contributed by atoms with Gasteiger partial charge in [0.1, 0.15) is 0 Å². The van der Waals surface area contributed by atoms with Crippen LogP contribution >= 0.6 is 0 Å². The third kappa shape index (κ3) is 13.0. The molecule has 2 N–H and O–H groups in total. The van der Waals surface area contributed by atoms with Crippen molar-refractivity contribution in [3.05, 3.63) is 83.9 Å². The monoisotopic (exact) mass is 417 g/mol. The largest absolute Gasteiger partial charge is 0.330 e. The molecule has 0 bridgehead atoms. The predicted octanol–water partition coefficient (Wildman–Crippen LogP) is 8.67. The summed E-state index contributed by atoms with van der Waals surface area (Å²) in [6.45, 7) is 0.852. The summed E-state index contributed by atoms with van der Waals surface area (Å²) in [5, 5.41) is 0. The highest BCUT2D eigenvalue weighted by atomic mass is 14.5. The van der Waals surface area contributed by atoms with E-state index in [-0.39, 0.29) is 0 Å². The number of allylic oxidation sites excluding steroid dienone is 2. The zero-order valence-corrected chi connectivity index (χ0v) is 19.4. The first kappa shape index (κ1) is 25.1. The maximum atomic E-state index is 5.55. The summed E-state index contributed by atoms with van der Waals surface area (Å²) in [6.07, 6.45) is 25.4. The Hall–Kier alpha value is -2.12. The lowest BCUT2D eigenvalue weighted by atomic mass is 9.97. The molecule has 0 aliphatic carbocycles. The van der Waals surface area contributed by atoms with Crippen LogP contribution in [-0.4, -0.2) is 6.54 Å². The Morgan fingerprint density at radius 1 is 0.516 bits per heavy atom. The summed E-state index contributed by atoms with van der Waals surface area (Å²) in [6, 6.07) is 21.3. The average molecular weight is 418 g/mol. The van der Waals surface area contributed by atoms with Crippen molar-refractivity contribution in [3.63, 3.8) is 0 Å². The SMILES string of the molecule is NCCCCCCCCCCCCCC(C=Cc1ccccc1)C=Cc1ccccc1. The molecule has 1 nitrogen and oxygen atoms in total. The van der Waals surface area contributed by atoms with Gasteiger partial charge < -0.3 is 5.73 Å². The molecule has 0 unspecified atom stereocenters. The van der Waals surface area contributed by atoms with Crippen LogP contribution < -0.4 is 5.73 Å². The maximum absolute atomic E-state index is 5.55. The molecule has 0 aliphatic heterocycles. The third-order valence-corrected chi connectivity index (χ3v) is 5.91. The summed E-state index contributed by atoms with van der Waals surface area (Å²) >= 11 is 0. The van der Waals surface area contributed by atoms with Crippen LogP contribution in [-0.2, 0) is 0 Å². The van der Waals surface area contributed by atoms with Crippen LogP contribution in [0, 0.1) is 5.92 Å². The molecule has 2 rings (SSSR count). The fourth-order valence-electron chi connectivity index (χ4n) is 3.97. The van der Waals surface area contributed by atoms with E-state index in [0.717, 1.165) is 6.54 Å². The van der Waals surface area contributed by atoms with E-state index in [1.807, 2.05) is 0 Å². The van der Waals surface area contributed by atoms with Crippen LogP contribution in [0.25, 0.3) is 12.2 Å². The summed E-state index contributed by atoms with van der Waals surface area (Å²) in [7, 11) is 0. The van der Waals surface area contributed by atoms with Gasteiger partial charge in [-0.1, -0.05) is 149 Å². The number of hydrogen-bond acceptors (Lipinski definition) is 1. The van der Waals surface area contributed by atoms with Gasteiger partial charge >= 0.3 is 0 Å².